The minimum Gasteiger partial charge on any atom is -0.482 e. The van der Waals surface area contributed by atoms with Crippen LogP contribution in [0.3, 0.4) is 0 Å². The van der Waals surface area contributed by atoms with Gasteiger partial charge in [0, 0.05) is 16.7 Å². The summed E-state index contributed by atoms with van der Waals surface area (Å²) in [6.45, 7) is 2.84. The lowest BCUT2D eigenvalue weighted by Gasteiger charge is -2.30. The normalized spacial score (nSPS) is 13.2. The number of anilines is 2. The van der Waals surface area contributed by atoms with Crippen molar-refractivity contribution in [3.63, 3.8) is 0 Å². The lowest BCUT2D eigenvalue weighted by molar-refractivity contribution is -0.121. The Morgan fingerprint density at radius 2 is 2.04 bits per heavy atom. The van der Waals surface area contributed by atoms with Crippen molar-refractivity contribution in [2.45, 2.75) is 26.2 Å². The van der Waals surface area contributed by atoms with Crippen molar-refractivity contribution in [3.05, 3.63) is 52.5 Å². The van der Waals surface area contributed by atoms with Gasteiger partial charge in [-0.2, -0.15) is 0 Å². The van der Waals surface area contributed by atoms with E-state index in [-0.39, 0.29) is 18.4 Å². The summed E-state index contributed by atoms with van der Waals surface area (Å²) in [7, 11) is 0. The van der Waals surface area contributed by atoms with E-state index < -0.39 is 0 Å². The quantitative estimate of drug-likeness (QED) is 0.698. The summed E-state index contributed by atoms with van der Waals surface area (Å²) in [5, 5.41) is 2.89. The first-order valence-corrected chi connectivity index (χ1v) is 9.52. The number of unbranched alkanes of at least 4 members (excludes halogenated alkanes) is 2. The molecule has 1 N–H and O–H groups in total. The molecule has 0 spiro atoms. The number of carbonyl (C=O) groups is 2. The van der Waals surface area contributed by atoms with E-state index in [1.54, 1.807) is 29.2 Å². The number of ether oxygens (including phenoxy) is 1. The summed E-state index contributed by atoms with van der Waals surface area (Å²) in [6.07, 6.45) is 3.10. The lowest BCUT2D eigenvalue weighted by atomic mass is 10.1. The first-order chi connectivity index (χ1) is 12.6. The second-order valence-electron chi connectivity index (χ2n) is 6.16. The maximum Gasteiger partial charge on any atom is 0.265 e. The monoisotopic (exact) mass is 416 g/mol. The number of carbonyl (C=O) groups excluding carboxylic acids is 2. The van der Waals surface area contributed by atoms with Gasteiger partial charge < -0.3 is 15.0 Å². The molecule has 1 aliphatic rings. The van der Waals surface area contributed by atoms with Crippen LogP contribution in [0.2, 0.25) is 0 Å². The Bertz CT molecular complexity index is 822. The van der Waals surface area contributed by atoms with Crippen LogP contribution in [-0.4, -0.2) is 25.0 Å². The second kappa shape index (κ2) is 8.36. The fourth-order valence-electron chi connectivity index (χ4n) is 2.89. The Balaban J connectivity index is 1.81. The molecule has 0 aliphatic carbocycles. The van der Waals surface area contributed by atoms with Gasteiger partial charge in [0.2, 0.25) is 0 Å². The van der Waals surface area contributed by atoms with Crippen molar-refractivity contribution in [1.82, 2.24) is 0 Å². The molecule has 0 fully saturated rings. The van der Waals surface area contributed by atoms with Gasteiger partial charge in [-0.1, -0.05) is 31.9 Å². The predicted octanol–water partition coefficient (Wildman–Crippen LogP) is 4.62. The highest BCUT2D eigenvalue weighted by atomic mass is 79.9. The van der Waals surface area contributed by atoms with E-state index in [9.17, 15) is 9.59 Å². The van der Waals surface area contributed by atoms with Gasteiger partial charge in [-0.15, -0.1) is 0 Å². The Hall–Kier alpha value is -2.34. The van der Waals surface area contributed by atoms with Crippen LogP contribution < -0.4 is 15.0 Å². The molecular formula is C20H21BrN2O3. The van der Waals surface area contributed by atoms with E-state index in [2.05, 4.69) is 28.2 Å². The van der Waals surface area contributed by atoms with E-state index >= 15 is 0 Å². The molecule has 0 atom stereocenters. The van der Waals surface area contributed by atoms with Gasteiger partial charge in [0.15, 0.2) is 6.61 Å². The van der Waals surface area contributed by atoms with Gasteiger partial charge in [-0.05, 0) is 52.7 Å². The highest BCUT2D eigenvalue weighted by molar-refractivity contribution is 9.10. The number of rotatable bonds is 6. The van der Waals surface area contributed by atoms with Gasteiger partial charge in [0.25, 0.3) is 11.8 Å². The molecule has 0 saturated carbocycles. The summed E-state index contributed by atoms with van der Waals surface area (Å²) in [5.74, 6) is 0.404. The van der Waals surface area contributed by atoms with Gasteiger partial charge in [-0.25, -0.2) is 0 Å². The molecular weight excluding hydrogens is 396 g/mol. The maximum absolute atomic E-state index is 12.5. The molecule has 26 heavy (non-hydrogen) atoms. The van der Waals surface area contributed by atoms with E-state index in [0.717, 1.165) is 23.7 Å². The molecule has 0 saturated heterocycles. The molecule has 136 valence electrons. The van der Waals surface area contributed by atoms with Crippen molar-refractivity contribution in [3.8, 4) is 5.75 Å². The molecule has 0 unspecified atom stereocenters. The molecule has 0 bridgehead atoms. The number of fused-ring (bicyclic) bond motifs is 1. The maximum atomic E-state index is 12.5. The minimum absolute atomic E-state index is 0.0529. The SMILES string of the molecule is CCCCCN1C(=O)COc2ccc(NC(=O)c3ccccc3Br)cc21. The largest absolute Gasteiger partial charge is 0.482 e. The van der Waals surface area contributed by atoms with Crippen LogP contribution in [0.15, 0.2) is 46.9 Å². The molecule has 2 aromatic carbocycles. The van der Waals surface area contributed by atoms with Crippen molar-refractivity contribution >= 4 is 39.1 Å². The average molecular weight is 417 g/mol. The Kier molecular flexibility index (Phi) is 5.93. The van der Waals surface area contributed by atoms with E-state index in [1.807, 2.05) is 18.2 Å². The summed E-state index contributed by atoms with van der Waals surface area (Å²) >= 11 is 3.39. The van der Waals surface area contributed by atoms with Crippen molar-refractivity contribution in [2.75, 3.05) is 23.4 Å². The van der Waals surface area contributed by atoms with E-state index in [4.69, 9.17) is 4.74 Å². The topological polar surface area (TPSA) is 58.6 Å². The molecule has 1 heterocycles. The van der Waals surface area contributed by atoms with Crippen LogP contribution in [0.25, 0.3) is 0 Å². The van der Waals surface area contributed by atoms with E-state index in [1.165, 1.54) is 0 Å². The van der Waals surface area contributed by atoms with Crippen molar-refractivity contribution in [2.24, 2.45) is 0 Å². The Morgan fingerprint density at radius 3 is 2.81 bits per heavy atom. The first kappa shape index (κ1) is 18.5. The molecule has 6 heteroatoms. The molecule has 0 aromatic heterocycles. The van der Waals surface area contributed by atoms with Crippen LogP contribution in [0.1, 0.15) is 36.5 Å². The first-order valence-electron chi connectivity index (χ1n) is 8.73. The van der Waals surface area contributed by atoms with Gasteiger partial charge >= 0.3 is 0 Å². The smallest absolute Gasteiger partial charge is 0.265 e. The van der Waals surface area contributed by atoms with E-state index in [0.29, 0.717) is 29.2 Å². The van der Waals surface area contributed by atoms with Gasteiger partial charge in [-0.3, -0.25) is 9.59 Å². The Labute approximate surface area is 161 Å². The molecule has 2 aromatic rings. The highest BCUT2D eigenvalue weighted by Crippen LogP contribution is 2.35. The molecule has 3 rings (SSSR count). The van der Waals surface area contributed by atoms with Crippen LogP contribution in [0.4, 0.5) is 11.4 Å². The predicted molar refractivity (Wildman–Crippen MR) is 106 cm³/mol. The highest BCUT2D eigenvalue weighted by Gasteiger charge is 2.25. The van der Waals surface area contributed by atoms with Crippen LogP contribution in [0.5, 0.6) is 5.75 Å². The molecule has 2 amide bonds. The standard InChI is InChI=1S/C20H21BrN2O3/c1-2-3-6-11-23-17-12-14(9-10-18(17)26-13-19(23)24)22-20(25)15-7-4-5-8-16(15)21/h4-5,7-10,12H,2-3,6,11,13H2,1H3,(H,22,25). The summed E-state index contributed by atoms with van der Waals surface area (Å²) < 4.78 is 6.26. The van der Waals surface area contributed by atoms with Crippen LogP contribution in [-0.2, 0) is 4.79 Å². The number of nitrogens with one attached hydrogen (secondary N) is 1. The number of halogens is 1. The number of nitrogens with zero attached hydrogens (tertiary/aromatic N) is 1. The molecule has 1 aliphatic heterocycles. The third kappa shape index (κ3) is 4.07. The lowest BCUT2D eigenvalue weighted by Crippen LogP contribution is -2.39. The van der Waals surface area contributed by atoms with Gasteiger partial charge in [0.05, 0.1) is 11.3 Å². The summed E-state index contributed by atoms with van der Waals surface area (Å²) in [6, 6.07) is 12.6. The third-order valence-electron chi connectivity index (χ3n) is 4.26. The van der Waals surface area contributed by atoms with Crippen molar-refractivity contribution in [1.29, 1.82) is 0 Å². The number of benzene rings is 2. The molecule has 0 radical (unpaired) electrons. The number of amides is 2. The number of hydrogen-bond donors (Lipinski definition) is 1. The van der Waals surface area contributed by atoms with Crippen molar-refractivity contribution < 1.29 is 14.3 Å². The summed E-state index contributed by atoms with van der Waals surface area (Å²) in [4.78, 5) is 26.5. The summed E-state index contributed by atoms with van der Waals surface area (Å²) in [5.41, 5.74) is 1.89. The third-order valence-corrected chi connectivity index (χ3v) is 4.96. The fourth-order valence-corrected chi connectivity index (χ4v) is 3.35. The minimum atomic E-state index is -0.210. The average Bonchev–Trinajstić information content (AvgIpc) is 2.64. The Morgan fingerprint density at radius 1 is 1.23 bits per heavy atom. The van der Waals surface area contributed by atoms with Crippen LogP contribution in [0, 0.1) is 0 Å². The fraction of sp³-hybridized carbons (Fsp3) is 0.300. The van der Waals surface area contributed by atoms with Crippen LogP contribution >= 0.6 is 15.9 Å². The zero-order chi connectivity index (χ0) is 18.5. The zero-order valence-electron chi connectivity index (χ0n) is 14.6. The number of hydrogen-bond acceptors (Lipinski definition) is 3. The van der Waals surface area contributed by atoms with Gasteiger partial charge in [0.1, 0.15) is 5.75 Å². The molecule has 5 nitrogen and oxygen atoms in total. The second-order valence-corrected chi connectivity index (χ2v) is 7.01. The zero-order valence-corrected chi connectivity index (χ0v) is 16.2.